The van der Waals surface area contributed by atoms with Gasteiger partial charge in [-0.25, -0.2) is 4.79 Å². The SMILES string of the molecule is CC(C)(Oc1ccc(NCc2ccccc2)cc1)C(=O)O. The molecule has 4 heteroatoms. The van der Waals surface area contributed by atoms with Crippen LogP contribution in [-0.4, -0.2) is 16.7 Å². The summed E-state index contributed by atoms with van der Waals surface area (Å²) in [6.45, 7) is 3.79. The molecule has 0 bridgehead atoms. The Kier molecular flexibility index (Phi) is 4.48. The third-order valence-corrected chi connectivity index (χ3v) is 3.08. The van der Waals surface area contributed by atoms with Gasteiger partial charge in [0.1, 0.15) is 5.75 Å². The first-order valence-corrected chi connectivity index (χ1v) is 6.78. The van der Waals surface area contributed by atoms with Gasteiger partial charge in [0.2, 0.25) is 0 Å². The highest BCUT2D eigenvalue weighted by Crippen LogP contribution is 2.21. The lowest BCUT2D eigenvalue weighted by atomic mass is 10.1. The lowest BCUT2D eigenvalue weighted by molar-refractivity contribution is -0.152. The number of hydrogen-bond acceptors (Lipinski definition) is 3. The van der Waals surface area contributed by atoms with E-state index in [1.807, 2.05) is 30.3 Å². The van der Waals surface area contributed by atoms with Crippen molar-refractivity contribution in [3.05, 3.63) is 60.2 Å². The molecule has 0 fully saturated rings. The maximum atomic E-state index is 11.0. The maximum Gasteiger partial charge on any atom is 0.347 e. The van der Waals surface area contributed by atoms with Gasteiger partial charge in [-0.2, -0.15) is 0 Å². The molecule has 0 heterocycles. The molecule has 0 saturated heterocycles. The van der Waals surface area contributed by atoms with Crippen LogP contribution in [0.25, 0.3) is 0 Å². The van der Waals surface area contributed by atoms with Crippen LogP contribution in [0.4, 0.5) is 5.69 Å². The summed E-state index contributed by atoms with van der Waals surface area (Å²) in [7, 11) is 0. The van der Waals surface area contributed by atoms with Crippen molar-refractivity contribution in [2.24, 2.45) is 0 Å². The van der Waals surface area contributed by atoms with Crippen LogP contribution in [0.15, 0.2) is 54.6 Å². The summed E-state index contributed by atoms with van der Waals surface area (Å²) in [6, 6.07) is 17.4. The quantitative estimate of drug-likeness (QED) is 0.852. The minimum Gasteiger partial charge on any atom is -0.478 e. The number of aliphatic carboxylic acids is 1. The smallest absolute Gasteiger partial charge is 0.347 e. The van der Waals surface area contributed by atoms with Crippen LogP contribution in [-0.2, 0) is 11.3 Å². The second-order valence-corrected chi connectivity index (χ2v) is 5.28. The molecule has 0 aromatic heterocycles. The molecule has 2 aromatic rings. The molecule has 0 amide bonds. The molecule has 2 N–H and O–H groups in total. The van der Waals surface area contributed by atoms with Crippen molar-refractivity contribution in [3.63, 3.8) is 0 Å². The highest BCUT2D eigenvalue weighted by molar-refractivity contribution is 5.76. The van der Waals surface area contributed by atoms with Crippen LogP contribution in [0.5, 0.6) is 5.75 Å². The third kappa shape index (κ3) is 4.24. The normalized spacial score (nSPS) is 11.0. The summed E-state index contributed by atoms with van der Waals surface area (Å²) < 4.78 is 5.45. The molecular weight excluding hydrogens is 266 g/mol. The average molecular weight is 285 g/mol. The molecule has 21 heavy (non-hydrogen) atoms. The summed E-state index contributed by atoms with van der Waals surface area (Å²) in [4.78, 5) is 11.0. The Labute approximate surface area is 124 Å². The van der Waals surface area contributed by atoms with Crippen molar-refractivity contribution >= 4 is 11.7 Å². The molecule has 0 radical (unpaired) electrons. The van der Waals surface area contributed by atoms with E-state index in [1.165, 1.54) is 19.4 Å². The Hall–Kier alpha value is -2.49. The van der Waals surface area contributed by atoms with E-state index in [4.69, 9.17) is 9.84 Å². The van der Waals surface area contributed by atoms with Gasteiger partial charge in [-0.15, -0.1) is 0 Å². The van der Waals surface area contributed by atoms with E-state index in [-0.39, 0.29) is 0 Å². The zero-order chi connectivity index (χ0) is 15.3. The Morgan fingerprint density at radius 1 is 1.10 bits per heavy atom. The first-order chi connectivity index (χ1) is 9.97. The number of carbonyl (C=O) groups is 1. The second kappa shape index (κ2) is 6.31. The van der Waals surface area contributed by atoms with Crippen molar-refractivity contribution < 1.29 is 14.6 Å². The number of carboxylic acids is 1. The summed E-state index contributed by atoms with van der Waals surface area (Å²) in [5, 5.41) is 12.3. The van der Waals surface area contributed by atoms with Crippen LogP contribution in [0.1, 0.15) is 19.4 Å². The number of nitrogens with one attached hydrogen (secondary N) is 1. The van der Waals surface area contributed by atoms with E-state index >= 15 is 0 Å². The molecule has 0 spiro atoms. The maximum absolute atomic E-state index is 11.0. The topological polar surface area (TPSA) is 58.6 Å². The van der Waals surface area contributed by atoms with Crippen molar-refractivity contribution in [1.82, 2.24) is 0 Å². The standard InChI is InChI=1S/C17H19NO3/c1-17(2,16(19)20)21-15-10-8-14(9-11-15)18-12-13-6-4-3-5-7-13/h3-11,18H,12H2,1-2H3,(H,19,20). The van der Waals surface area contributed by atoms with Crippen LogP contribution < -0.4 is 10.1 Å². The molecule has 0 aliphatic rings. The first-order valence-electron chi connectivity index (χ1n) is 6.78. The van der Waals surface area contributed by atoms with Crippen LogP contribution >= 0.6 is 0 Å². The lowest BCUT2D eigenvalue weighted by Crippen LogP contribution is -2.37. The van der Waals surface area contributed by atoms with Gasteiger partial charge in [0.05, 0.1) is 0 Å². The van der Waals surface area contributed by atoms with E-state index in [0.717, 1.165) is 12.2 Å². The molecule has 0 aliphatic carbocycles. The molecular formula is C17H19NO3. The van der Waals surface area contributed by atoms with Gasteiger partial charge in [-0.3, -0.25) is 0 Å². The molecule has 0 atom stereocenters. The van der Waals surface area contributed by atoms with Crippen LogP contribution in [0, 0.1) is 0 Å². The van der Waals surface area contributed by atoms with Gasteiger partial charge < -0.3 is 15.2 Å². The van der Waals surface area contributed by atoms with Gasteiger partial charge in [-0.05, 0) is 43.7 Å². The van der Waals surface area contributed by atoms with Crippen LogP contribution in [0.2, 0.25) is 0 Å². The number of anilines is 1. The van der Waals surface area contributed by atoms with Crippen molar-refractivity contribution in [2.75, 3.05) is 5.32 Å². The van der Waals surface area contributed by atoms with E-state index in [2.05, 4.69) is 17.4 Å². The number of ether oxygens (including phenoxy) is 1. The second-order valence-electron chi connectivity index (χ2n) is 5.28. The fraction of sp³-hybridized carbons (Fsp3) is 0.235. The van der Waals surface area contributed by atoms with E-state index < -0.39 is 11.6 Å². The molecule has 0 unspecified atom stereocenters. The average Bonchev–Trinajstić information content (AvgIpc) is 2.47. The Balaban J connectivity index is 1.95. The lowest BCUT2D eigenvalue weighted by Gasteiger charge is -2.21. The summed E-state index contributed by atoms with van der Waals surface area (Å²) in [6.07, 6.45) is 0. The minimum atomic E-state index is -1.24. The van der Waals surface area contributed by atoms with Crippen molar-refractivity contribution in [3.8, 4) is 5.75 Å². The van der Waals surface area contributed by atoms with Gasteiger partial charge in [0.15, 0.2) is 5.60 Å². The zero-order valence-corrected chi connectivity index (χ0v) is 12.2. The number of carboxylic acid groups (broad SMARTS) is 1. The predicted molar refractivity (Wildman–Crippen MR) is 82.6 cm³/mol. The van der Waals surface area contributed by atoms with E-state index in [1.54, 1.807) is 12.1 Å². The molecule has 0 aliphatic heterocycles. The fourth-order valence-electron chi connectivity index (χ4n) is 1.78. The number of benzene rings is 2. The highest BCUT2D eigenvalue weighted by atomic mass is 16.5. The Morgan fingerprint density at radius 3 is 2.29 bits per heavy atom. The highest BCUT2D eigenvalue weighted by Gasteiger charge is 2.29. The fourth-order valence-corrected chi connectivity index (χ4v) is 1.78. The largest absolute Gasteiger partial charge is 0.478 e. The van der Waals surface area contributed by atoms with Gasteiger partial charge in [0, 0.05) is 12.2 Å². The van der Waals surface area contributed by atoms with Crippen LogP contribution in [0.3, 0.4) is 0 Å². The molecule has 110 valence electrons. The summed E-state index contributed by atoms with van der Waals surface area (Å²) in [5.41, 5.74) is 0.920. The van der Waals surface area contributed by atoms with E-state index in [9.17, 15) is 4.79 Å². The Morgan fingerprint density at radius 2 is 1.71 bits per heavy atom. The van der Waals surface area contributed by atoms with Gasteiger partial charge in [0.25, 0.3) is 0 Å². The molecule has 0 saturated carbocycles. The van der Waals surface area contributed by atoms with Crippen molar-refractivity contribution in [2.45, 2.75) is 26.0 Å². The molecule has 4 nitrogen and oxygen atoms in total. The van der Waals surface area contributed by atoms with E-state index in [0.29, 0.717) is 5.75 Å². The third-order valence-electron chi connectivity index (χ3n) is 3.08. The molecule has 2 aromatic carbocycles. The zero-order valence-electron chi connectivity index (χ0n) is 12.2. The number of hydrogen-bond donors (Lipinski definition) is 2. The minimum absolute atomic E-state index is 0.535. The van der Waals surface area contributed by atoms with Gasteiger partial charge in [-0.1, -0.05) is 30.3 Å². The Bertz CT molecular complexity index is 591. The van der Waals surface area contributed by atoms with Gasteiger partial charge >= 0.3 is 5.97 Å². The number of rotatable bonds is 6. The monoisotopic (exact) mass is 285 g/mol. The first kappa shape index (κ1) is 14.9. The molecule has 2 rings (SSSR count). The summed E-state index contributed by atoms with van der Waals surface area (Å²) in [5.74, 6) is -0.457. The van der Waals surface area contributed by atoms with Crippen molar-refractivity contribution in [1.29, 1.82) is 0 Å². The summed E-state index contributed by atoms with van der Waals surface area (Å²) >= 11 is 0. The predicted octanol–water partition coefficient (Wildman–Crippen LogP) is 3.54.